The molecule has 1 aromatic carbocycles. The lowest BCUT2D eigenvalue weighted by atomic mass is 9.63. The van der Waals surface area contributed by atoms with E-state index in [1.165, 1.54) is 43.2 Å². The molecule has 1 fully saturated rings. The van der Waals surface area contributed by atoms with Gasteiger partial charge in [-0.25, -0.2) is 0 Å². The minimum Gasteiger partial charge on any atom is -0.316 e. The van der Waals surface area contributed by atoms with Crippen LogP contribution in [0.5, 0.6) is 0 Å². The first-order chi connectivity index (χ1) is 9.73. The minimum atomic E-state index is 0.298. The van der Waals surface area contributed by atoms with E-state index in [4.69, 9.17) is 0 Å². The fourth-order valence-corrected chi connectivity index (χ4v) is 3.80. The first-order valence-corrected chi connectivity index (χ1v) is 8.12. The Kier molecular flexibility index (Phi) is 5.42. The highest BCUT2D eigenvalue weighted by atomic mass is 14.9. The van der Waals surface area contributed by atoms with Crippen molar-refractivity contribution in [2.45, 2.75) is 63.3 Å². The molecule has 0 spiro atoms. The highest BCUT2D eigenvalue weighted by Crippen LogP contribution is 2.43. The molecule has 0 aromatic heterocycles. The lowest BCUT2D eigenvalue weighted by Gasteiger charge is -2.44. The van der Waals surface area contributed by atoms with Gasteiger partial charge in [0.2, 0.25) is 0 Å². The van der Waals surface area contributed by atoms with E-state index in [9.17, 15) is 0 Å². The Bertz CT molecular complexity index is 415. The fourth-order valence-electron chi connectivity index (χ4n) is 3.80. The summed E-state index contributed by atoms with van der Waals surface area (Å²) >= 11 is 0. The predicted octanol–water partition coefficient (Wildman–Crippen LogP) is 4.83. The van der Waals surface area contributed by atoms with E-state index in [2.05, 4.69) is 56.2 Å². The van der Waals surface area contributed by atoms with E-state index in [0.29, 0.717) is 11.5 Å². The SMILES string of the molecule is C=C(CC)CC(NC)C1(c2ccccc2)CCCCC1. The predicted molar refractivity (Wildman–Crippen MR) is 88.1 cm³/mol. The lowest BCUT2D eigenvalue weighted by Crippen LogP contribution is -2.48. The number of hydrogen-bond donors (Lipinski definition) is 1. The Labute approximate surface area is 124 Å². The molecule has 1 aliphatic rings. The van der Waals surface area contributed by atoms with Crippen LogP contribution in [0, 0.1) is 0 Å². The smallest absolute Gasteiger partial charge is 0.0198 e. The molecule has 1 atom stereocenters. The quantitative estimate of drug-likeness (QED) is 0.731. The van der Waals surface area contributed by atoms with Crippen molar-refractivity contribution in [2.75, 3.05) is 7.05 Å². The minimum absolute atomic E-state index is 0.298. The largest absolute Gasteiger partial charge is 0.316 e. The highest BCUT2D eigenvalue weighted by Gasteiger charge is 2.40. The van der Waals surface area contributed by atoms with Gasteiger partial charge in [-0.05, 0) is 38.3 Å². The molecule has 0 radical (unpaired) electrons. The Hall–Kier alpha value is -1.08. The van der Waals surface area contributed by atoms with Crippen LogP contribution in [0.25, 0.3) is 0 Å². The molecule has 1 aliphatic carbocycles. The Morgan fingerprint density at radius 1 is 1.20 bits per heavy atom. The Balaban J connectivity index is 2.32. The maximum absolute atomic E-state index is 4.24. The van der Waals surface area contributed by atoms with Gasteiger partial charge in [0.25, 0.3) is 0 Å². The van der Waals surface area contributed by atoms with Gasteiger partial charge < -0.3 is 5.32 Å². The van der Waals surface area contributed by atoms with Crippen LogP contribution in [0.1, 0.15) is 57.4 Å². The van der Waals surface area contributed by atoms with Crippen molar-refractivity contribution >= 4 is 0 Å². The summed E-state index contributed by atoms with van der Waals surface area (Å²) in [5, 5.41) is 3.62. The van der Waals surface area contributed by atoms with E-state index in [1.54, 1.807) is 0 Å². The molecule has 20 heavy (non-hydrogen) atoms. The highest BCUT2D eigenvalue weighted by molar-refractivity contribution is 5.29. The van der Waals surface area contributed by atoms with E-state index in [-0.39, 0.29) is 0 Å². The molecular weight excluding hydrogens is 242 g/mol. The molecule has 1 N–H and O–H groups in total. The molecule has 1 nitrogen and oxygen atoms in total. The summed E-state index contributed by atoms with van der Waals surface area (Å²) < 4.78 is 0. The molecule has 110 valence electrons. The molecule has 0 saturated heterocycles. The molecule has 0 heterocycles. The van der Waals surface area contributed by atoms with E-state index < -0.39 is 0 Å². The number of rotatable bonds is 6. The van der Waals surface area contributed by atoms with Gasteiger partial charge in [0, 0.05) is 11.5 Å². The van der Waals surface area contributed by atoms with Gasteiger partial charge >= 0.3 is 0 Å². The van der Waals surface area contributed by atoms with E-state index >= 15 is 0 Å². The summed E-state index contributed by atoms with van der Waals surface area (Å²) in [5.41, 5.74) is 3.18. The monoisotopic (exact) mass is 271 g/mol. The average molecular weight is 271 g/mol. The van der Waals surface area contributed by atoms with Gasteiger partial charge in [-0.1, -0.05) is 68.7 Å². The molecule has 0 bridgehead atoms. The first kappa shape index (κ1) is 15.3. The number of nitrogens with one attached hydrogen (secondary N) is 1. The zero-order valence-electron chi connectivity index (χ0n) is 13.1. The molecule has 2 rings (SSSR count). The van der Waals surface area contributed by atoms with Crippen molar-refractivity contribution < 1.29 is 0 Å². The van der Waals surface area contributed by atoms with Crippen molar-refractivity contribution in [3.8, 4) is 0 Å². The van der Waals surface area contributed by atoms with Gasteiger partial charge in [0.1, 0.15) is 0 Å². The number of benzene rings is 1. The molecule has 0 aliphatic heterocycles. The standard InChI is InChI=1S/C19H29N/c1-4-16(2)15-18(20-3)19(13-9-6-10-14-19)17-11-7-5-8-12-17/h5,7-8,11-12,18,20H,2,4,6,9-10,13-15H2,1,3H3. The number of likely N-dealkylation sites (N-methyl/N-ethyl adjacent to an activating group) is 1. The van der Waals surface area contributed by atoms with Gasteiger partial charge in [-0.3, -0.25) is 0 Å². The van der Waals surface area contributed by atoms with Gasteiger partial charge in [-0.2, -0.15) is 0 Å². The van der Waals surface area contributed by atoms with Crippen LogP contribution in [0.15, 0.2) is 42.5 Å². The molecule has 0 amide bonds. The topological polar surface area (TPSA) is 12.0 Å². The summed E-state index contributed by atoms with van der Waals surface area (Å²) in [6.45, 7) is 6.45. The third kappa shape index (κ3) is 3.15. The van der Waals surface area contributed by atoms with E-state index in [1.807, 2.05) is 0 Å². The number of hydrogen-bond acceptors (Lipinski definition) is 1. The Morgan fingerprint density at radius 2 is 1.85 bits per heavy atom. The van der Waals surface area contributed by atoms with Crippen LogP contribution in [0.4, 0.5) is 0 Å². The third-order valence-electron chi connectivity index (χ3n) is 5.10. The zero-order chi connectivity index (χ0) is 14.4. The van der Waals surface area contributed by atoms with Gasteiger partial charge in [-0.15, -0.1) is 0 Å². The first-order valence-electron chi connectivity index (χ1n) is 8.12. The second-order valence-electron chi connectivity index (χ2n) is 6.23. The third-order valence-corrected chi connectivity index (χ3v) is 5.10. The second kappa shape index (κ2) is 7.08. The fraction of sp³-hybridized carbons (Fsp3) is 0.579. The second-order valence-corrected chi connectivity index (χ2v) is 6.23. The van der Waals surface area contributed by atoms with Crippen LogP contribution in [0.3, 0.4) is 0 Å². The summed E-state index contributed by atoms with van der Waals surface area (Å²) in [6, 6.07) is 11.7. The molecule has 1 aromatic rings. The van der Waals surface area contributed by atoms with Crippen LogP contribution in [-0.4, -0.2) is 13.1 Å². The summed E-state index contributed by atoms with van der Waals surface area (Å²) in [7, 11) is 2.12. The van der Waals surface area contributed by atoms with Crippen LogP contribution in [-0.2, 0) is 5.41 Å². The maximum atomic E-state index is 4.24. The summed E-state index contributed by atoms with van der Waals surface area (Å²) in [5.74, 6) is 0. The average Bonchev–Trinajstić information content (AvgIpc) is 2.53. The van der Waals surface area contributed by atoms with Crippen molar-refractivity contribution in [3.05, 3.63) is 48.0 Å². The van der Waals surface area contributed by atoms with Gasteiger partial charge in [0.05, 0.1) is 0 Å². The van der Waals surface area contributed by atoms with Crippen molar-refractivity contribution in [3.63, 3.8) is 0 Å². The molecular formula is C19H29N. The summed E-state index contributed by atoms with van der Waals surface area (Å²) in [4.78, 5) is 0. The Morgan fingerprint density at radius 3 is 2.40 bits per heavy atom. The van der Waals surface area contributed by atoms with Crippen molar-refractivity contribution in [2.24, 2.45) is 0 Å². The normalized spacial score (nSPS) is 19.5. The molecule has 1 unspecified atom stereocenters. The van der Waals surface area contributed by atoms with Crippen LogP contribution in [0.2, 0.25) is 0 Å². The van der Waals surface area contributed by atoms with E-state index in [0.717, 1.165) is 12.8 Å². The zero-order valence-corrected chi connectivity index (χ0v) is 13.1. The maximum Gasteiger partial charge on any atom is 0.0198 e. The van der Waals surface area contributed by atoms with Crippen molar-refractivity contribution in [1.29, 1.82) is 0 Å². The molecule has 1 saturated carbocycles. The van der Waals surface area contributed by atoms with Crippen LogP contribution < -0.4 is 5.32 Å². The summed E-state index contributed by atoms with van der Waals surface area (Å²) in [6.07, 6.45) is 8.89. The van der Waals surface area contributed by atoms with Crippen LogP contribution >= 0.6 is 0 Å². The lowest BCUT2D eigenvalue weighted by molar-refractivity contribution is 0.217. The molecule has 1 heteroatoms. The van der Waals surface area contributed by atoms with Crippen molar-refractivity contribution in [1.82, 2.24) is 5.32 Å². The van der Waals surface area contributed by atoms with Gasteiger partial charge in [0.15, 0.2) is 0 Å².